The van der Waals surface area contributed by atoms with E-state index in [-0.39, 0.29) is 6.61 Å². The maximum Gasteiger partial charge on any atom is 0.0558 e. The van der Waals surface area contributed by atoms with E-state index in [1.165, 1.54) is 11.1 Å². The lowest BCUT2D eigenvalue weighted by atomic mass is 10.0. The Labute approximate surface area is 106 Å². The highest BCUT2D eigenvalue weighted by Crippen LogP contribution is 2.18. The zero-order valence-electron chi connectivity index (χ0n) is 10.0. The molecule has 0 amide bonds. The van der Waals surface area contributed by atoms with Crippen molar-refractivity contribution in [3.8, 4) is 0 Å². The van der Waals surface area contributed by atoms with Crippen LogP contribution in [-0.2, 0) is 13.0 Å². The first-order valence-corrected chi connectivity index (χ1v) is 6.61. The molecular weight excluding hydrogens is 266 g/mol. The molecule has 2 nitrogen and oxygen atoms in total. The van der Waals surface area contributed by atoms with Gasteiger partial charge in [0.15, 0.2) is 0 Å². The van der Waals surface area contributed by atoms with E-state index in [4.69, 9.17) is 5.11 Å². The van der Waals surface area contributed by atoms with Gasteiger partial charge in [0, 0.05) is 17.6 Å². The Kier molecular flexibility index (Phi) is 6.03. The van der Waals surface area contributed by atoms with E-state index < -0.39 is 0 Å². The third-order valence-electron chi connectivity index (χ3n) is 2.81. The van der Waals surface area contributed by atoms with Gasteiger partial charge in [0.1, 0.15) is 0 Å². The van der Waals surface area contributed by atoms with Gasteiger partial charge in [-0.1, -0.05) is 35.8 Å². The summed E-state index contributed by atoms with van der Waals surface area (Å²) >= 11 is 3.50. The first kappa shape index (κ1) is 13.7. The second-order valence-electron chi connectivity index (χ2n) is 3.86. The summed E-state index contributed by atoms with van der Waals surface area (Å²) < 4.78 is 1.14. The summed E-state index contributed by atoms with van der Waals surface area (Å²) in [5, 5.41) is 8.97. The van der Waals surface area contributed by atoms with Crippen LogP contribution in [0.2, 0.25) is 0 Å². The molecule has 3 heteroatoms. The van der Waals surface area contributed by atoms with Crippen molar-refractivity contribution < 1.29 is 5.11 Å². The molecule has 1 rings (SSSR count). The van der Waals surface area contributed by atoms with Crippen LogP contribution in [0.15, 0.2) is 22.7 Å². The molecule has 0 atom stereocenters. The highest BCUT2D eigenvalue weighted by Gasteiger charge is 2.06. The van der Waals surface area contributed by atoms with E-state index in [1.807, 2.05) is 0 Å². The number of aliphatic hydroxyl groups is 1. The SMILES string of the molecule is CCc1cc(Br)ccc1CN(CC)CCO. The molecule has 0 fully saturated rings. The third-order valence-corrected chi connectivity index (χ3v) is 3.30. The fraction of sp³-hybridized carbons (Fsp3) is 0.538. The minimum atomic E-state index is 0.228. The summed E-state index contributed by atoms with van der Waals surface area (Å²) in [5.74, 6) is 0. The lowest BCUT2D eigenvalue weighted by Gasteiger charge is -2.20. The molecule has 0 aliphatic carbocycles. The van der Waals surface area contributed by atoms with Gasteiger partial charge in [-0.3, -0.25) is 4.90 Å². The van der Waals surface area contributed by atoms with E-state index >= 15 is 0 Å². The molecule has 0 aliphatic heterocycles. The molecule has 0 bridgehead atoms. The smallest absolute Gasteiger partial charge is 0.0558 e. The number of nitrogens with zero attached hydrogens (tertiary/aromatic N) is 1. The normalized spacial score (nSPS) is 11.1. The Morgan fingerprint density at radius 1 is 1.25 bits per heavy atom. The van der Waals surface area contributed by atoms with Crippen LogP contribution in [0.25, 0.3) is 0 Å². The van der Waals surface area contributed by atoms with Crippen LogP contribution in [0.5, 0.6) is 0 Å². The molecule has 0 aromatic heterocycles. The molecule has 0 saturated heterocycles. The first-order chi connectivity index (χ1) is 7.71. The topological polar surface area (TPSA) is 23.5 Å². The van der Waals surface area contributed by atoms with Crippen molar-refractivity contribution >= 4 is 15.9 Å². The average molecular weight is 286 g/mol. The number of benzene rings is 1. The molecule has 16 heavy (non-hydrogen) atoms. The molecule has 90 valence electrons. The molecule has 1 aromatic carbocycles. The van der Waals surface area contributed by atoms with E-state index in [0.29, 0.717) is 0 Å². The van der Waals surface area contributed by atoms with Crippen LogP contribution in [0.4, 0.5) is 0 Å². The van der Waals surface area contributed by atoms with Crippen molar-refractivity contribution in [1.82, 2.24) is 4.90 Å². The highest BCUT2D eigenvalue weighted by molar-refractivity contribution is 9.10. The number of hydrogen-bond acceptors (Lipinski definition) is 2. The van der Waals surface area contributed by atoms with Gasteiger partial charge in [-0.15, -0.1) is 0 Å². The van der Waals surface area contributed by atoms with Gasteiger partial charge < -0.3 is 5.11 Å². The van der Waals surface area contributed by atoms with Crippen molar-refractivity contribution in [2.24, 2.45) is 0 Å². The van der Waals surface area contributed by atoms with Crippen LogP contribution < -0.4 is 0 Å². The highest BCUT2D eigenvalue weighted by atomic mass is 79.9. The molecule has 0 spiro atoms. The molecule has 0 radical (unpaired) electrons. The number of aryl methyl sites for hydroxylation is 1. The number of rotatable bonds is 6. The van der Waals surface area contributed by atoms with Crippen LogP contribution in [-0.4, -0.2) is 29.7 Å². The Bertz CT molecular complexity index is 328. The lowest BCUT2D eigenvalue weighted by molar-refractivity contribution is 0.196. The maximum atomic E-state index is 8.97. The molecular formula is C13H20BrNO. The van der Waals surface area contributed by atoms with Crippen molar-refractivity contribution in [3.63, 3.8) is 0 Å². The molecule has 1 aromatic rings. The monoisotopic (exact) mass is 285 g/mol. The Balaban J connectivity index is 2.78. The average Bonchev–Trinajstić information content (AvgIpc) is 2.30. The van der Waals surface area contributed by atoms with E-state index in [0.717, 1.165) is 30.5 Å². The quantitative estimate of drug-likeness (QED) is 0.869. The van der Waals surface area contributed by atoms with Gasteiger partial charge >= 0.3 is 0 Å². The fourth-order valence-electron chi connectivity index (χ4n) is 1.81. The lowest BCUT2D eigenvalue weighted by Crippen LogP contribution is -2.26. The summed E-state index contributed by atoms with van der Waals surface area (Å²) in [6, 6.07) is 6.44. The Hall–Kier alpha value is -0.380. The van der Waals surface area contributed by atoms with Crippen LogP contribution in [0.1, 0.15) is 25.0 Å². The summed E-state index contributed by atoms with van der Waals surface area (Å²) in [7, 11) is 0. The van der Waals surface area contributed by atoms with Gasteiger partial charge in [-0.05, 0) is 36.2 Å². The molecule has 0 saturated carbocycles. The standard InChI is InChI=1S/C13H20BrNO/c1-3-11-9-13(14)6-5-12(11)10-15(4-2)7-8-16/h5-6,9,16H,3-4,7-8,10H2,1-2H3. The largest absolute Gasteiger partial charge is 0.395 e. The number of likely N-dealkylation sites (N-methyl/N-ethyl adjacent to an activating group) is 1. The predicted molar refractivity (Wildman–Crippen MR) is 71.6 cm³/mol. The number of aliphatic hydroxyl groups excluding tert-OH is 1. The molecule has 0 aliphatic rings. The van der Waals surface area contributed by atoms with Gasteiger partial charge in [-0.2, -0.15) is 0 Å². The second kappa shape index (κ2) is 7.05. The van der Waals surface area contributed by atoms with Crippen LogP contribution in [0.3, 0.4) is 0 Å². The molecule has 0 heterocycles. The Morgan fingerprint density at radius 3 is 2.56 bits per heavy atom. The van der Waals surface area contributed by atoms with Gasteiger partial charge in [0.05, 0.1) is 6.61 Å². The third kappa shape index (κ3) is 3.89. The van der Waals surface area contributed by atoms with Crippen molar-refractivity contribution in [3.05, 3.63) is 33.8 Å². The van der Waals surface area contributed by atoms with Gasteiger partial charge in [-0.25, -0.2) is 0 Å². The summed E-state index contributed by atoms with van der Waals surface area (Å²) in [4.78, 5) is 2.25. The molecule has 0 unspecified atom stereocenters. The predicted octanol–water partition coefficient (Wildman–Crippen LogP) is 2.83. The van der Waals surface area contributed by atoms with Crippen molar-refractivity contribution in [1.29, 1.82) is 0 Å². The van der Waals surface area contributed by atoms with Crippen LogP contribution in [0, 0.1) is 0 Å². The Morgan fingerprint density at radius 2 is 2.00 bits per heavy atom. The maximum absolute atomic E-state index is 8.97. The minimum absolute atomic E-state index is 0.228. The zero-order valence-corrected chi connectivity index (χ0v) is 11.6. The summed E-state index contributed by atoms with van der Waals surface area (Å²) in [6.07, 6.45) is 1.05. The van der Waals surface area contributed by atoms with Crippen molar-refractivity contribution in [2.45, 2.75) is 26.8 Å². The fourth-order valence-corrected chi connectivity index (χ4v) is 2.22. The minimum Gasteiger partial charge on any atom is -0.395 e. The zero-order chi connectivity index (χ0) is 12.0. The van der Waals surface area contributed by atoms with E-state index in [9.17, 15) is 0 Å². The van der Waals surface area contributed by atoms with E-state index in [1.54, 1.807) is 0 Å². The molecule has 1 N–H and O–H groups in total. The van der Waals surface area contributed by atoms with E-state index in [2.05, 4.69) is 52.9 Å². The second-order valence-corrected chi connectivity index (χ2v) is 4.77. The van der Waals surface area contributed by atoms with Crippen molar-refractivity contribution in [2.75, 3.05) is 19.7 Å². The number of halogens is 1. The van der Waals surface area contributed by atoms with Crippen LogP contribution >= 0.6 is 15.9 Å². The number of hydrogen-bond donors (Lipinski definition) is 1. The summed E-state index contributed by atoms with van der Waals surface area (Å²) in [6.45, 7) is 7.17. The van der Waals surface area contributed by atoms with Gasteiger partial charge in [0.2, 0.25) is 0 Å². The summed E-state index contributed by atoms with van der Waals surface area (Å²) in [5.41, 5.74) is 2.74. The van der Waals surface area contributed by atoms with Gasteiger partial charge in [0.25, 0.3) is 0 Å². The first-order valence-electron chi connectivity index (χ1n) is 5.81.